The molecule has 1 aliphatic carbocycles. The SMILES string of the molecule is CCCCCCC(CCCC)CNC1CC(OCCCC(C)C)C1. The lowest BCUT2D eigenvalue weighted by Crippen LogP contribution is -2.47. The van der Waals surface area contributed by atoms with E-state index < -0.39 is 0 Å². The van der Waals surface area contributed by atoms with Crippen molar-refractivity contribution in [2.75, 3.05) is 13.2 Å². The van der Waals surface area contributed by atoms with Gasteiger partial charge in [-0.15, -0.1) is 0 Å². The molecule has 1 rings (SSSR count). The first kappa shape index (κ1) is 22.0. The monoisotopic (exact) mass is 339 g/mol. The Balaban J connectivity index is 2.05. The molecule has 144 valence electrons. The molecule has 1 unspecified atom stereocenters. The van der Waals surface area contributed by atoms with Crippen molar-refractivity contribution in [3.63, 3.8) is 0 Å². The molecule has 0 amide bonds. The molecule has 0 aromatic rings. The zero-order chi connectivity index (χ0) is 17.6. The van der Waals surface area contributed by atoms with Gasteiger partial charge in [0, 0.05) is 12.6 Å². The Morgan fingerprint density at radius 1 is 0.875 bits per heavy atom. The maximum atomic E-state index is 5.98. The zero-order valence-electron chi connectivity index (χ0n) is 17.1. The van der Waals surface area contributed by atoms with Crippen LogP contribution in [0.3, 0.4) is 0 Å². The third-order valence-corrected chi connectivity index (χ3v) is 5.50. The Hall–Kier alpha value is -0.0800. The highest BCUT2D eigenvalue weighted by Gasteiger charge is 2.29. The lowest BCUT2D eigenvalue weighted by atomic mass is 9.88. The number of hydrogen-bond donors (Lipinski definition) is 1. The molecule has 2 heteroatoms. The van der Waals surface area contributed by atoms with Crippen LogP contribution in [0, 0.1) is 11.8 Å². The molecule has 1 aliphatic rings. The van der Waals surface area contributed by atoms with Crippen LogP contribution < -0.4 is 5.32 Å². The van der Waals surface area contributed by atoms with Crippen molar-refractivity contribution >= 4 is 0 Å². The Morgan fingerprint density at radius 2 is 1.58 bits per heavy atom. The number of nitrogens with one attached hydrogen (secondary N) is 1. The van der Waals surface area contributed by atoms with E-state index in [0.29, 0.717) is 6.10 Å². The summed E-state index contributed by atoms with van der Waals surface area (Å²) in [4.78, 5) is 0. The summed E-state index contributed by atoms with van der Waals surface area (Å²) in [6, 6.07) is 0.722. The predicted octanol–water partition coefficient (Wildman–Crippen LogP) is 6.34. The minimum atomic E-state index is 0.535. The van der Waals surface area contributed by atoms with E-state index >= 15 is 0 Å². The van der Waals surface area contributed by atoms with Crippen LogP contribution >= 0.6 is 0 Å². The molecule has 0 aromatic carbocycles. The molecule has 0 bridgehead atoms. The fourth-order valence-electron chi connectivity index (χ4n) is 3.64. The molecule has 24 heavy (non-hydrogen) atoms. The Kier molecular flexibility index (Phi) is 12.9. The van der Waals surface area contributed by atoms with Gasteiger partial charge in [-0.05, 0) is 56.9 Å². The molecule has 0 aliphatic heterocycles. The van der Waals surface area contributed by atoms with Crippen molar-refractivity contribution in [1.29, 1.82) is 0 Å². The van der Waals surface area contributed by atoms with Gasteiger partial charge < -0.3 is 10.1 Å². The van der Waals surface area contributed by atoms with E-state index in [4.69, 9.17) is 4.74 Å². The second-order valence-electron chi connectivity index (χ2n) is 8.46. The summed E-state index contributed by atoms with van der Waals surface area (Å²) in [6.45, 7) is 11.4. The molecule has 2 nitrogen and oxygen atoms in total. The molecule has 0 spiro atoms. The second kappa shape index (κ2) is 14.1. The van der Waals surface area contributed by atoms with Crippen molar-refractivity contribution < 1.29 is 4.74 Å². The van der Waals surface area contributed by atoms with Crippen molar-refractivity contribution in [2.24, 2.45) is 11.8 Å². The predicted molar refractivity (Wildman–Crippen MR) is 107 cm³/mol. The lowest BCUT2D eigenvalue weighted by Gasteiger charge is -2.37. The number of hydrogen-bond acceptors (Lipinski definition) is 2. The number of unbranched alkanes of at least 4 members (excludes halogenated alkanes) is 4. The van der Waals surface area contributed by atoms with Gasteiger partial charge in [0.25, 0.3) is 0 Å². The highest BCUT2D eigenvalue weighted by Crippen LogP contribution is 2.25. The fourth-order valence-corrected chi connectivity index (χ4v) is 3.64. The van der Waals surface area contributed by atoms with Gasteiger partial charge in [-0.2, -0.15) is 0 Å². The average molecular weight is 340 g/mol. The van der Waals surface area contributed by atoms with Gasteiger partial charge in [0.1, 0.15) is 0 Å². The van der Waals surface area contributed by atoms with Crippen LogP contribution in [-0.2, 0) is 4.74 Å². The largest absolute Gasteiger partial charge is 0.378 e. The summed E-state index contributed by atoms with van der Waals surface area (Å²) in [7, 11) is 0. The van der Waals surface area contributed by atoms with Crippen LogP contribution in [0.25, 0.3) is 0 Å². The molecule has 1 saturated carbocycles. The molecule has 0 radical (unpaired) electrons. The average Bonchev–Trinajstić information content (AvgIpc) is 2.52. The topological polar surface area (TPSA) is 21.3 Å². The van der Waals surface area contributed by atoms with Crippen LogP contribution in [0.1, 0.15) is 105 Å². The van der Waals surface area contributed by atoms with Crippen LogP contribution in [0.2, 0.25) is 0 Å². The number of rotatable bonds is 16. The molecular formula is C22H45NO. The lowest BCUT2D eigenvalue weighted by molar-refractivity contribution is -0.0193. The summed E-state index contributed by atoms with van der Waals surface area (Å²) >= 11 is 0. The van der Waals surface area contributed by atoms with Crippen LogP contribution in [0.4, 0.5) is 0 Å². The third-order valence-electron chi connectivity index (χ3n) is 5.50. The van der Waals surface area contributed by atoms with E-state index in [-0.39, 0.29) is 0 Å². The molecular weight excluding hydrogens is 294 g/mol. The van der Waals surface area contributed by atoms with Gasteiger partial charge in [-0.1, -0.05) is 66.2 Å². The van der Waals surface area contributed by atoms with Gasteiger partial charge >= 0.3 is 0 Å². The van der Waals surface area contributed by atoms with Gasteiger partial charge in [0.15, 0.2) is 0 Å². The molecule has 0 saturated heterocycles. The maximum absolute atomic E-state index is 5.98. The number of ether oxygens (including phenoxy) is 1. The Morgan fingerprint density at radius 3 is 2.25 bits per heavy atom. The molecule has 0 aromatic heterocycles. The minimum absolute atomic E-state index is 0.535. The van der Waals surface area contributed by atoms with Crippen molar-refractivity contribution in [1.82, 2.24) is 5.32 Å². The fraction of sp³-hybridized carbons (Fsp3) is 1.00. The first-order valence-corrected chi connectivity index (χ1v) is 11.0. The van der Waals surface area contributed by atoms with Crippen LogP contribution in [0.15, 0.2) is 0 Å². The Bertz CT molecular complexity index is 273. The van der Waals surface area contributed by atoms with E-state index in [2.05, 4.69) is 33.0 Å². The summed E-state index contributed by atoms with van der Waals surface area (Å²) in [5.74, 6) is 1.70. The van der Waals surface area contributed by atoms with Gasteiger partial charge in [0.2, 0.25) is 0 Å². The van der Waals surface area contributed by atoms with Crippen molar-refractivity contribution in [3.8, 4) is 0 Å². The standard InChI is InChI=1S/C22H45NO/c1-5-7-9-10-14-20(13-8-6-2)18-23-21-16-22(17-21)24-15-11-12-19(3)4/h19-23H,5-18H2,1-4H3. The van der Waals surface area contributed by atoms with Crippen LogP contribution in [0.5, 0.6) is 0 Å². The van der Waals surface area contributed by atoms with Gasteiger partial charge in [-0.25, -0.2) is 0 Å². The van der Waals surface area contributed by atoms with Crippen LogP contribution in [-0.4, -0.2) is 25.3 Å². The first-order valence-electron chi connectivity index (χ1n) is 11.0. The van der Waals surface area contributed by atoms with Gasteiger partial charge in [-0.3, -0.25) is 0 Å². The molecule has 0 heterocycles. The maximum Gasteiger partial charge on any atom is 0.0604 e. The second-order valence-corrected chi connectivity index (χ2v) is 8.46. The van der Waals surface area contributed by atoms with E-state index in [0.717, 1.165) is 24.5 Å². The molecule has 1 atom stereocenters. The highest BCUT2D eigenvalue weighted by atomic mass is 16.5. The van der Waals surface area contributed by atoms with E-state index in [1.54, 1.807) is 0 Å². The molecule has 1 fully saturated rings. The smallest absolute Gasteiger partial charge is 0.0604 e. The zero-order valence-corrected chi connectivity index (χ0v) is 17.1. The quantitative estimate of drug-likeness (QED) is 0.331. The normalized spacial score (nSPS) is 21.9. The van der Waals surface area contributed by atoms with Crippen molar-refractivity contribution in [2.45, 2.75) is 117 Å². The van der Waals surface area contributed by atoms with E-state index in [1.807, 2.05) is 0 Å². The van der Waals surface area contributed by atoms with E-state index in [1.165, 1.54) is 83.6 Å². The summed E-state index contributed by atoms with van der Waals surface area (Å²) in [5, 5.41) is 3.83. The third kappa shape index (κ3) is 10.7. The summed E-state index contributed by atoms with van der Waals surface area (Å²) < 4.78 is 5.98. The molecule has 1 N–H and O–H groups in total. The first-order chi connectivity index (χ1) is 11.7. The minimum Gasteiger partial charge on any atom is -0.378 e. The van der Waals surface area contributed by atoms with E-state index in [9.17, 15) is 0 Å². The van der Waals surface area contributed by atoms with Gasteiger partial charge in [0.05, 0.1) is 6.10 Å². The Labute approximate surface area is 152 Å². The summed E-state index contributed by atoms with van der Waals surface area (Å²) in [5.41, 5.74) is 0. The highest BCUT2D eigenvalue weighted by molar-refractivity contribution is 4.86. The van der Waals surface area contributed by atoms with Crippen molar-refractivity contribution in [3.05, 3.63) is 0 Å². The summed E-state index contributed by atoms with van der Waals surface area (Å²) in [6.07, 6.45) is 16.7.